The molecule has 0 radical (unpaired) electrons. The van der Waals surface area contributed by atoms with Crippen molar-refractivity contribution in [1.82, 2.24) is 4.98 Å². The minimum atomic E-state index is -0.132. The van der Waals surface area contributed by atoms with Gasteiger partial charge in [-0.2, -0.15) is 0 Å². The van der Waals surface area contributed by atoms with Crippen LogP contribution < -0.4 is 4.90 Å². The Labute approximate surface area is 312 Å². The Morgan fingerprint density at radius 3 is 2.06 bits per heavy atom. The lowest BCUT2D eigenvalue weighted by molar-refractivity contribution is 0.617. The Bertz CT molecular complexity index is 3100. The Hall–Kier alpha value is -6.91. The van der Waals surface area contributed by atoms with Gasteiger partial charge in [0.1, 0.15) is 16.7 Å². The van der Waals surface area contributed by atoms with Crippen molar-refractivity contribution in [3.63, 3.8) is 0 Å². The van der Waals surface area contributed by atoms with E-state index in [1.165, 1.54) is 38.6 Å². The van der Waals surface area contributed by atoms with Gasteiger partial charge in [-0.05, 0) is 111 Å². The molecule has 0 N–H and O–H groups in total. The highest BCUT2D eigenvalue weighted by atomic mass is 16.4. The van der Waals surface area contributed by atoms with Crippen LogP contribution in [-0.2, 0) is 5.41 Å². The fourth-order valence-corrected chi connectivity index (χ4v) is 8.50. The van der Waals surface area contributed by atoms with Gasteiger partial charge in [-0.25, -0.2) is 4.98 Å². The molecule has 0 aliphatic heterocycles. The summed E-state index contributed by atoms with van der Waals surface area (Å²) in [6, 6.07) is 60.5. The molecule has 0 spiro atoms. The summed E-state index contributed by atoms with van der Waals surface area (Å²) in [5.74, 6) is 0.599. The van der Waals surface area contributed by atoms with Crippen molar-refractivity contribution in [1.29, 1.82) is 0 Å². The standard InChI is InChI=1S/C50H34N2O2/c1-50(2)43-18-9-8-17-39(43)40-23-21-38(28-44(40)50)52(36-16-10-15-34(26-36)35-20-19-31-11-6-7-14-33(31)25-35)37-22-24-46-41(27-37)42-29-45-48(30-47(42)53-46)54-49(51-45)32-12-4-3-5-13-32/h3-30H,1-2H3. The summed E-state index contributed by atoms with van der Waals surface area (Å²) < 4.78 is 12.7. The number of hydrogen-bond donors (Lipinski definition) is 0. The number of fused-ring (bicyclic) bond motifs is 8. The normalized spacial score (nSPS) is 13.1. The number of nitrogens with zero attached hydrogens (tertiary/aromatic N) is 2. The van der Waals surface area contributed by atoms with Gasteiger partial charge < -0.3 is 13.7 Å². The summed E-state index contributed by atoms with van der Waals surface area (Å²) in [6.45, 7) is 4.67. The second-order valence-corrected chi connectivity index (χ2v) is 14.8. The summed E-state index contributed by atoms with van der Waals surface area (Å²) in [5.41, 5.74) is 14.8. The molecule has 11 rings (SSSR count). The van der Waals surface area contributed by atoms with Crippen LogP contribution in [0.2, 0.25) is 0 Å². The van der Waals surface area contributed by atoms with E-state index < -0.39 is 0 Å². The third-order valence-corrected chi connectivity index (χ3v) is 11.3. The van der Waals surface area contributed by atoms with Gasteiger partial charge in [0.25, 0.3) is 0 Å². The smallest absolute Gasteiger partial charge is 0.227 e. The van der Waals surface area contributed by atoms with Crippen LogP contribution >= 0.6 is 0 Å². The van der Waals surface area contributed by atoms with E-state index in [0.717, 1.165) is 55.6 Å². The molecule has 0 atom stereocenters. The highest BCUT2D eigenvalue weighted by molar-refractivity contribution is 6.10. The molecule has 10 aromatic rings. The maximum absolute atomic E-state index is 6.45. The van der Waals surface area contributed by atoms with Crippen molar-refractivity contribution < 1.29 is 8.83 Å². The fourth-order valence-electron chi connectivity index (χ4n) is 8.50. The van der Waals surface area contributed by atoms with Crippen molar-refractivity contribution in [2.45, 2.75) is 19.3 Å². The topological polar surface area (TPSA) is 42.4 Å². The van der Waals surface area contributed by atoms with Gasteiger partial charge in [0, 0.05) is 44.9 Å². The van der Waals surface area contributed by atoms with E-state index in [9.17, 15) is 0 Å². The monoisotopic (exact) mass is 694 g/mol. The maximum Gasteiger partial charge on any atom is 0.227 e. The van der Waals surface area contributed by atoms with Crippen LogP contribution in [0.25, 0.3) is 77.5 Å². The molecule has 0 unspecified atom stereocenters. The maximum atomic E-state index is 6.45. The van der Waals surface area contributed by atoms with Gasteiger partial charge in [-0.15, -0.1) is 0 Å². The Morgan fingerprint density at radius 2 is 1.15 bits per heavy atom. The zero-order valence-electron chi connectivity index (χ0n) is 29.9. The molecule has 1 aliphatic rings. The van der Waals surface area contributed by atoms with Crippen LogP contribution in [0.5, 0.6) is 0 Å². The largest absolute Gasteiger partial charge is 0.456 e. The summed E-state index contributed by atoms with van der Waals surface area (Å²) >= 11 is 0. The molecule has 2 heterocycles. The van der Waals surface area contributed by atoms with E-state index in [4.69, 9.17) is 13.8 Å². The second-order valence-electron chi connectivity index (χ2n) is 14.8. The first-order valence-electron chi connectivity index (χ1n) is 18.4. The summed E-state index contributed by atoms with van der Waals surface area (Å²) in [5, 5.41) is 4.49. The highest BCUT2D eigenvalue weighted by Gasteiger charge is 2.35. The minimum absolute atomic E-state index is 0.132. The van der Waals surface area contributed by atoms with Crippen molar-refractivity contribution in [3.05, 3.63) is 181 Å². The number of rotatable bonds is 5. The predicted octanol–water partition coefficient (Wildman–Crippen LogP) is 14.0. The predicted molar refractivity (Wildman–Crippen MR) is 222 cm³/mol. The lowest BCUT2D eigenvalue weighted by Crippen LogP contribution is -2.16. The minimum Gasteiger partial charge on any atom is -0.456 e. The molecule has 0 saturated carbocycles. The van der Waals surface area contributed by atoms with Gasteiger partial charge in [0.2, 0.25) is 5.89 Å². The average Bonchev–Trinajstić information content (AvgIpc) is 3.87. The summed E-state index contributed by atoms with van der Waals surface area (Å²) in [4.78, 5) is 7.25. The fraction of sp³-hybridized carbons (Fsp3) is 0.0600. The molecule has 256 valence electrons. The molecule has 8 aromatic carbocycles. The van der Waals surface area contributed by atoms with E-state index in [-0.39, 0.29) is 5.41 Å². The van der Waals surface area contributed by atoms with Crippen molar-refractivity contribution >= 4 is 60.9 Å². The van der Waals surface area contributed by atoms with E-state index in [1.807, 2.05) is 36.4 Å². The third kappa shape index (κ3) is 4.73. The SMILES string of the molecule is CC1(C)c2ccccc2-c2ccc(N(c3cccc(-c4ccc5ccccc5c4)c3)c3ccc4oc5cc6oc(-c7ccccc7)nc6cc5c4c3)cc21. The first kappa shape index (κ1) is 30.7. The molecule has 0 amide bonds. The molecule has 0 fully saturated rings. The molecule has 0 bridgehead atoms. The summed E-state index contributed by atoms with van der Waals surface area (Å²) in [7, 11) is 0. The quantitative estimate of drug-likeness (QED) is 0.180. The van der Waals surface area contributed by atoms with Crippen LogP contribution in [0.3, 0.4) is 0 Å². The zero-order valence-corrected chi connectivity index (χ0v) is 29.9. The van der Waals surface area contributed by atoms with Crippen molar-refractivity contribution in [2.75, 3.05) is 4.90 Å². The van der Waals surface area contributed by atoms with Gasteiger partial charge in [-0.3, -0.25) is 0 Å². The zero-order chi connectivity index (χ0) is 36.0. The lowest BCUT2D eigenvalue weighted by Gasteiger charge is -2.28. The molecule has 0 saturated heterocycles. The second kappa shape index (κ2) is 11.5. The molecule has 2 aromatic heterocycles. The number of anilines is 3. The van der Waals surface area contributed by atoms with Gasteiger partial charge in [0.15, 0.2) is 5.58 Å². The molecule has 4 heteroatoms. The molecular formula is C50H34N2O2. The average molecular weight is 695 g/mol. The number of benzene rings is 8. The molecule has 4 nitrogen and oxygen atoms in total. The Kier molecular flexibility index (Phi) is 6.56. The van der Waals surface area contributed by atoms with E-state index in [1.54, 1.807) is 0 Å². The first-order chi connectivity index (χ1) is 26.5. The molecule has 1 aliphatic carbocycles. The van der Waals surface area contributed by atoms with E-state index >= 15 is 0 Å². The number of hydrogen-bond acceptors (Lipinski definition) is 4. The van der Waals surface area contributed by atoms with Gasteiger partial charge in [0.05, 0.1) is 0 Å². The van der Waals surface area contributed by atoms with Gasteiger partial charge in [-0.1, -0.05) is 111 Å². The molecular weight excluding hydrogens is 661 g/mol. The van der Waals surface area contributed by atoms with Crippen molar-refractivity contribution in [2.24, 2.45) is 0 Å². The van der Waals surface area contributed by atoms with Crippen LogP contribution in [0, 0.1) is 0 Å². The van der Waals surface area contributed by atoms with Crippen LogP contribution in [0.1, 0.15) is 25.0 Å². The first-order valence-corrected chi connectivity index (χ1v) is 18.4. The summed E-state index contributed by atoms with van der Waals surface area (Å²) in [6.07, 6.45) is 0. The Morgan fingerprint density at radius 1 is 0.444 bits per heavy atom. The van der Waals surface area contributed by atoms with Gasteiger partial charge >= 0.3 is 0 Å². The van der Waals surface area contributed by atoms with Crippen LogP contribution in [0.4, 0.5) is 17.1 Å². The van der Waals surface area contributed by atoms with Crippen LogP contribution in [-0.4, -0.2) is 4.98 Å². The number of furan rings is 1. The van der Waals surface area contributed by atoms with Crippen LogP contribution in [0.15, 0.2) is 179 Å². The number of aromatic nitrogens is 1. The third-order valence-electron chi connectivity index (χ3n) is 11.3. The number of oxazole rings is 1. The van der Waals surface area contributed by atoms with E-state index in [0.29, 0.717) is 11.5 Å². The Balaban J connectivity index is 1.09. The lowest BCUT2D eigenvalue weighted by atomic mass is 9.82. The van der Waals surface area contributed by atoms with E-state index in [2.05, 4.69) is 152 Å². The molecule has 54 heavy (non-hydrogen) atoms. The highest BCUT2D eigenvalue weighted by Crippen LogP contribution is 2.51. The van der Waals surface area contributed by atoms with Crippen molar-refractivity contribution in [3.8, 4) is 33.7 Å².